The summed E-state index contributed by atoms with van der Waals surface area (Å²) in [6.45, 7) is 0. The number of non-ortho nitro benzene ring substituents is 1. The van der Waals surface area contributed by atoms with Crippen LogP contribution in [0.2, 0.25) is 0 Å². The van der Waals surface area contributed by atoms with Gasteiger partial charge >= 0.3 is 5.97 Å². The third-order valence-electron chi connectivity index (χ3n) is 4.83. The lowest BCUT2D eigenvalue weighted by molar-refractivity contribution is -0.384. The minimum absolute atomic E-state index is 0.0333. The van der Waals surface area contributed by atoms with Crippen molar-refractivity contribution in [1.29, 1.82) is 0 Å². The Morgan fingerprint density at radius 1 is 1.19 bits per heavy atom. The molecule has 0 fully saturated rings. The number of fused-ring (bicyclic) bond motifs is 3. The number of nitro benzene ring substituents is 1. The van der Waals surface area contributed by atoms with E-state index in [1.54, 1.807) is 12.1 Å². The molecule has 2 heterocycles. The second kappa shape index (κ2) is 6.27. The van der Waals surface area contributed by atoms with Crippen LogP contribution in [-0.2, 0) is 16.0 Å². The van der Waals surface area contributed by atoms with Gasteiger partial charge in [0, 0.05) is 35.2 Å². The smallest absolute Gasteiger partial charge is 0.323 e. The number of esters is 1. The Morgan fingerprint density at radius 3 is 2.62 bits per heavy atom. The molecular formula is C19H17N3O4. The molecule has 7 nitrogen and oxygen atoms in total. The van der Waals surface area contributed by atoms with Crippen LogP contribution in [0.15, 0.2) is 48.5 Å². The molecule has 2 aromatic carbocycles. The maximum atomic E-state index is 12.2. The molecule has 1 aromatic heterocycles. The standard InChI is InChI=1S/C19H17N3O4/c1-26-19(23)16-10-14-13-4-2-3-5-15(13)20-18(14)17(21-16)11-6-8-12(9-7-11)22(24)25/h2-9,16-17,20-21H,10H2,1H3/t16-,17-/m1/s1. The molecule has 0 spiro atoms. The van der Waals surface area contributed by atoms with E-state index in [2.05, 4.69) is 10.3 Å². The van der Waals surface area contributed by atoms with Gasteiger partial charge in [-0.25, -0.2) is 0 Å². The van der Waals surface area contributed by atoms with E-state index in [0.717, 1.165) is 27.7 Å². The summed E-state index contributed by atoms with van der Waals surface area (Å²) in [5.41, 5.74) is 3.91. The van der Waals surface area contributed by atoms with Crippen LogP contribution in [0.4, 0.5) is 5.69 Å². The van der Waals surface area contributed by atoms with Crippen LogP contribution in [-0.4, -0.2) is 29.0 Å². The van der Waals surface area contributed by atoms with Crippen LogP contribution in [0.1, 0.15) is 22.9 Å². The summed E-state index contributed by atoms with van der Waals surface area (Å²) in [5.74, 6) is -0.326. The fourth-order valence-electron chi connectivity index (χ4n) is 3.58. The Balaban J connectivity index is 1.83. The number of nitrogens with zero attached hydrogens (tertiary/aromatic N) is 1. The van der Waals surface area contributed by atoms with E-state index in [0.29, 0.717) is 6.42 Å². The van der Waals surface area contributed by atoms with Gasteiger partial charge < -0.3 is 9.72 Å². The summed E-state index contributed by atoms with van der Waals surface area (Å²) in [7, 11) is 1.37. The second-order valence-corrected chi connectivity index (χ2v) is 6.29. The molecule has 2 atom stereocenters. The second-order valence-electron chi connectivity index (χ2n) is 6.29. The fraction of sp³-hybridized carbons (Fsp3) is 0.211. The first-order valence-electron chi connectivity index (χ1n) is 8.26. The molecule has 0 amide bonds. The van der Waals surface area contributed by atoms with Crippen molar-refractivity contribution in [2.45, 2.75) is 18.5 Å². The number of rotatable bonds is 3. The molecule has 7 heteroatoms. The van der Waals surface area contributed by atoms with Crippen molar-refractivity contribution in [3.8, 4) is 0 Å². The Kier molecular flexibility index (Phi) is 3.93. The van der Waals surface area contributed by atoms with Gasteiger partial charge in [0.2, 0.25) is 0 Å². The number of para-hydroxylation sites is 1. The third kappa shape index (κ3) is 2.62. The number of ether oxygens (including phenoxy) is 1. The van der Waals surface area contributed by atoms with Crippen LogP contribution in [0.25, 0.3) is 10.9 Å². The number of hydrogen-bond donors (Lipinski definition) is 2. The fourth-order valence-corrected chi connectivity index (χ4v) is 3.58. The lowest BCUT2D eigenvalue weighted by atomic mass is 9.90. The summed E-state index contributed by atoms with van der Waals surface area (Å²) in [5, 5.41) is 15.3. The molecular weight excluding hydrogens is 334 g/mol. The number of H-pyrrole nitrogens is 1. The van der Waals surface area contributed by atoms with Crippen molar-refractivity contribution in [3.63, 3.8) is 0 Å². The first-order chi connectivity index (χ1) is 12.6. The van der Waals surface area contributed by atoms with Crippen molar-refractivity contribution >= 4 is 22.6 Å². The maximum absolute atomic E-state index is 12.2. The van der Waals surface area contributed by atoms with Crippen LogP contribution in [0.5, 0.6) is 0 Å². The Labute approximate surface area is 149 Å². The number of carbonyl (C=O) groups excluding carboxylic acids is 1. The van der Waals surface area contributed by atoms with Crippen LogP contribution in [0.3, 0.4) is 0 Å². The SMILES string of the molecule is COC(=O)[C@H]1Cc2c([nH]c3ccccc23)[C@@H](c2ccc([N+](=O)[O-])cc2)N1. The molecule has 26 heavy (non-hydrogen) atoms. The zero-order valence-electron chi connectivity index (χ0n) is 14.1. The molecule has 1 aliphatic rings. The van der Waals surface area contributed by atoms with Crippen LogP contribution < -0.4 is 5.32 Å². The normalized spacial score (nSPS) is 19.1. The minimum atomic E-state index is -0.480. The van der Waals surface area contributed by atoms with E-state index in [4.69, 9.17) is 4.74 Å². The Bertz CT molecular complexity index is 994. The average Bonchev–Trinajstić information content (AvgIpc) is 3.05. The largest absolute Gasteiger partial charge is 0.468 e. The summed E-state index contributed by atoms with van der Waals surface area (Å²) < 4.78 is 4.93. The topological polar surface area (TPSA) is 97.3 Å². The summed E-state index contributed by atoms with van der Waals surface area (Å²) in [4.78, 5) is 26.1. The predicted molar refractivity (Wildman–Crippen MR) is 95.9 cm³/mol. The van der Waals surface area contributed by atoms with E-state index in [9.17, 15) is 14.9 Å². The van der Waals surface area contributed by atoms with Crippen molar-refractivity contribution < 1.29 is 14.5 Å². The number of nitro groups is 1. The van der Waals surface area contributed by atoms with E-state index in [-0.39, 0.29) is 17.7 Å². The van der Waals surface area contributed by atoms with Gasteiger partial charge in [0.15, 0.2) is 0 Å². The lowest BCUT2D eigenvalue weighted by Gasteiger charge is -2.30. The van der Waals surface area contributed by atoms with E-state index < -0.39 is 11.0 Å². The van der Waals surface area contributed by atoms with Crippen molar-refractivity contribution in [2.75, 3.05) is 7.11 Å². The average molecular weight is 351 g/mol. The molecule has 0 aliphatic carbocycles. The Morgan fingerprint density at radius 2 is 1.92 bits per heavy atom. The zero-order chi connectivity index (χ0) is 18.3. The molecule has 132 valence electrons. The highest BCUT2D eigenvalue weighted by molar-refractivity contribution is 5.87. The van der Waals surface area contributed by atoms with Crippen molar-refractivity contribution in [3.05, 3.63) is 75.5 Å². The first kappa shape index (κ1) is 16.3. The zero-order valence-corrected chi connectivity index (χ0v) is 14.1. The summed E-state index contributed by atoms with van der Waals surface area (Å²) in [6, 6.07) is 13.5. The van der Waals surface area contributed by atoms with E-state index in [1.807, 2.05) is 24.3 Å². The number of nitrogens with one attached hydrogen (secondary N) is 2. The highest BCUT2D eigenvalue weighted by Crippen LogP contribution is 2.35. The molecule has 3 aromatic rings. The number of aromatic amines is 1. The highest BCUT2D eigenvalue weighted by atomic mass is 16.6. The number of benzene rings is 2. The predicted octanol–water partition coefficient (Wildman–Crippen LogP) is 2.85. The van der Waals surface area contributed by atoms with Gasteiger partial charge in [-0.15, -0.1) is 0 Å². The summed E-state index contributed by atoms with van der Waals surface area (Å²) >= 11 is 0. The van der Waals surface area contributed by atoms with Gasteiger partial charge in [0.05, 0.1) is 18.1 Å². The quantitative estimate of drug-likeness (QED) is 0.430. The van der Waals surface area contributed by atoms with Gasteiger partial charge in [-0.1, -0.05) is 30.3 Å². The number of carbonyl (C=O) groups is 1. The minimum Gasteiger partial charge on any atom is -0.468 e. The van der Waals surface area contributed by atoms with E-state index in [1.165, 1.54) is 19.2 Å². The number of aromatic nitrogens is 1. The number of methoxy groups -OCH3 is 1. The molecule has 2 N–H and O–H groups in total. The molecule has 1 aliphatic heterocycles. The maximum Gasteiger partial charge on any atom is 0.323 e. The lowest BCUT2D eigenvalue weighted by Crippen LogP contribution is -2.45. The summed E-state index contributed by atoms with van der Waals surface area (Å²) in [6.07, 6.45) is 0.523. The first-order valence-corrected chi connectivity index (χ1v) is 8.26. The highest BCUT2D eigenvalue weighted by Gasteiger charge is 2.34. The molecule has 0 radical (unpaired) electrons. The Hall–Kier alpha value is -3.19. The van der Waals surface area contributed by atoms with Crippen LogP contribution in [0, 0.1) is 10.1 Å². The van der Waals surface area contributed by atoms with Gasteiger partial charge in [-0.3, -0.25) is 20.2 Å². The van der Waals surface area contributed by atoms with Crippen molar-refractivity contribution in [1.82, 2.24) is 10.3 Å². The molecule has 0 saturated carbocycles. The third-order valence-corrected chi connectivity index (χ3v) is 4.83. The van der Waals surface area contributed by atoms with Gasteiger partial charge in [-0.05, 0) is 17.2 Å². The monoisotopic (exact) mass is 351 g/mol. The van der Waals surface area contributed by atoms with Gasteiger partial charge in [-0.2, -0.15) is 0 Å². The molecule has 4 rings (SSSR count). The molecule has 0 unspecified atom stereocenters. The van der Waals surface area contributed by atoms with Crippen LogP contribution >= 0.6 is 0 Å². The van der Waals surface area contributed by atoms with Crippen molar-refractivity contribution in [2.24, 2.45) is 0 Å². The molecule has 0 bridgehead atoms. The van der Waals surface area contributed by atoms with Gasteiger partial charge in [0.25, 0.3) is 5.69 Å². The van der Waals surface area contributed by atoms with E-state index >= 15 is 0 Å². The van der Waals surface area contributed by atoms with Gasteiger partial charge in [0.1, 0.15) is 6.04 Å². The molecule has 0 saturated heterocycles. The number of hydrogen-bond acceptors (Lipinski definition) is 5.